The van der Waals surface area contributed by atoms with E-state index in [1.165, 1.54) is 30.4 Å². The molecule has 5 rings (SSSR count). The molecule has 194 valence electrons. The molecule has 2 aromatic rings. The molecule has 0 bridgehead atoms. The Kier molecular flexibility index (Phi) is 7.28. The highest BCUT2D eigenvalue weighted by Gasteiger charge is 2.24. The van der Waals surface area contributed by atoms with Crippen LogP contribution in [0.2, 0.25) is 0 Å². The van der Waals surface area contributed by atoms with E-state index in [1.807, 2.05) is 12.1 Å². The van der Waals surface area contributed by atoms with Crippen LogP contribution in [0, 0.1) is 0 Å². The van der Waals surface area contributed by atoms with Crippen LogP contribution in [0.1, 0.15) is 64.0 Å². The molecule has 3 aliphatic rings. The van der Waals surface area contributed by atoms with Gasteiger partial charge in [0.25, 0.3) is 0 Å². The number of aromatic hydroxyl groups is 1. The van der Waals surface area contributed by atoms with E-state index in [2.05, 4.69) is 54.1 Å². The number of nitrogens with one attached hydrogen (secondary N) is 1. The van der Waals surface area contributed by atoms with Crippen molar-refractivity contribution < 1.29 is 14.6 Å². The molecule has 0 spiro atoms. The van der Waals surface area contributed by atoms with Crippen molar-refractivity contribution >= 4 is 11.6 Å². The molecule has 0 unspecified atom stereocenters. The van der Waals surface area contributed by atoms with Gasteiger partial charge in [-0.1, -0.05) is 52.2 Å². The number of phenolic OH excluding ortho intramolecular Hbond substituents is 1. The molecular weight excluding hydrogens is 452 g/mol. The van der Waals surface area contributed by atoms with Gasteiger partial charge in [0, 0.05) is 32.7 Å². The molecule has 2 aromatic carbocycles. The molecule has 1 saturated carbocycles. The van der Waals surface area contributed by atoms with Crippen molar-refractivity contribution in [2.75, 3.05) is 38.3 Å². The third kappa shape index (κ3) is 5.89. The topological polar surface area (TPSA) is 69.6 Å². The van der Waals surface area contributed by atoms with Crippen molar-refractivity contribution in [2.45, 2.75) is 70.9 Å². The van der Waals surface area contributed by atoms with Gasteiger partial charge in [0.05, 0.1) is 11.7 Å². The highest BCUT2D eigenvalue weighted by atomic mass is 16.7. The Morgan fingerprint density at radius 2 is 1.72 bits per heavy atom. The van der Waals surface area contributed by atoms with Gasteiger partial charge in [-0.3, -0.25) is 4.90 Å². The average Bonchev–Trinajstić information content (AvgIpc) is 3.33. The monoisotopic (exact) mass is 492 g/mol. The molecule has 2 fully saturated rings. The number of hydrogen-bond donors (Lipinski definition) is 2. The van der Waals surface area contributed by atoms with Crippen LogP contribution < -0.4 is 14.8 Å². The Labute approximate surface area is 215 Å². The molecule has 0 radical (unpaired) electrons. The number of anilines is 1. The molecule has 0 atom stereocenters. The minimum absolute atomic E-state index is 0.00511. The lowest BCUT2D eigenvalue weighted by molar-refractivity contribution is 0.172. The lowest BCUT2D eigenvalue weighted by Crippen LogP contribution is -2.50. The Morgan fingerprint density at radius 1 is 0.972 bits per heavy atom. The molecule has 2 aliphatic heterocycles. The second-order valence-corrected chi connectivity index (χ2v) is 11.3. The van der Waals surface area contributed by atoms with Crippen molar-refractivity contribution in [2.24, 2.45) is 4.99 Å². The predicted octanol–water partition coefficient (Wildman–Crippen LogP) is 5.34. The zero-order valence-electron chi connectivity index (χ0n) is 21.9. The summed E-state index contributed by atoms with van der Waals surface area (Å²) in [6, 6.07) is 12.4. The van der Waals surface area contributed by atoms with Gasteiger partial charge in [-0.2, -0.15) is 0 Å². The van der Waals surface area contributed by atoms with Crippen molar-refractivity contribution in [3.8, 4) is 17.2 Å². The summed E-state index contributed by atoms with van der Waals surface area (Å²) in [5.74, 6) is 2.83. The first-order chi connectivity index (χ1) is 17.3. The van der Waals surface area contributed by atoms with Crippen LogP contribution >= 0.6 is 0 Å². The van der Waals surface area contributed by atoms with Crippen LogP contribution in [-0.4, -0.2) is 59.9 Å². The van der Waals surface area contributed by atoms with Gasteiger partial charge in [-0.15, -0.1) is 0 Å². The summed E-state index contributed by atoms with van der Waals surface area (Å²) in [6.07, 6.45) is 6.08. The highest BCUT2D eigenvalue weighted by molar-refractivity contribution is 5.95. The van der Waals surface area contributed by atoms with E-state index in [0.29, 0.717) is 12.8 Å². The molecule has 1 aliphatic carbocycles. The van der Waals surface area contributed by atoms with Gasteiger partial charge in [-0.25, -0.2) is 4.99 Å². The Balaban J connectivity index is 1.29. The van der Waals surface area contributed by atoms with Crippen LogP contribution in [0.15, 0.2) is 41.4 Å². The summed E-state index contributed by atoms with van der Waals surface area (Å²) in [5, 5.41) is 14.2. The summed E-state index contributed by atoms with van der Waals surface area (Å²) in [7, 11) is 0. The van der Waals surface area contributed by atoms with Crippen molar-refractivity contribution in [1.82, 2.24) is 9.80 Å². The van der Waals surface area contributed by atoms with E-state index in [0.717, 1.165) is 68.7 Å². The largest absolute Gasteiger partial charge is 0.506 e. The first-order valence-corrected chi connectivity index (χ1v) is 13.4. The van der Waals surface area contributed by atoms with E-state index >= 15 is 0 Å². The number of rotatable bonds is 4. The minimum atomic E-state index is 0.00511. The molecular formula is C29H40N4O3. The number of hydrogen-bond acceptors (Lipinski definition) is 5. The molecule has 7 heteroatoms. The van der Waals surface area contributed by atoms with Crippen LogP contribution in [0.25, 0.3) is 0 Å². The van der Waals surface area contributed by atoms with Gasteiger partial charge in [0.15, 0.2) is 17.5 Å². The molecule has 1 saturated heterocycles. The SMILES string of the molecule is CC(C)(C)c1ccc(O)c(NC(=NC2CCCCC2)N2CCN(Cc3ccc4c(c3)OCO4)CC2)c1. The molecule has 36 heavy (non-hydrogen) atoms. The third-order valence-electron chi connectivity index (χ3n) is 7.50. The number of ether oxygens (including phenoxy) is 2. The number of nitrogens with zero attached hydrogens (tertiary/aromatic N) is 3. The normalized spacial score (nSPS) is 19.5. The number of piperazine rings is 1. The van der Waals surface area contributed by atoms with Crippen molar-refractivity contribution in [1.29, 1.82) is 0 Å². The van der Waals surface area contributed by atoms with E-state index in [-0.39, 0.29) is 11.2 Å². The lowest BCUT2D eigenvalue weighted by atomic mass is 9.87. The average molecular weight is 493 g/mol. The van der Waals surface area contributed by atoms with Gasteiger partial charge in [-0.05, 0) is 53.6 Å². The Hall–Kier alpha value is -2.93. The van der Waals surface area contributed by atoms with Gasteiger partial charge < -0.3 is 24.8 Å². The molecule has 0 aromatic heterocycles. The first kappa shape index (κ1) is 24.8. The maximum atomic E-state index is 10.7. The summed E-state index contributed by atoms with van der Waals surface area (Å²) in [6.45, 7) is 11.5. The maximum Gasteiger partial charge on any atom is 0.231 e. The fraction of sp³-hybridized carbons (Fsp3) is 0.552. The zero-order chi connectivity index (χ0) is 25.1. The number of benzene rings is 2. The molecule has 2 heterocycles. The van der Waals surface area contributed by atoms with E-state index < -0.39 is 0 Å². The summed E-state index contributed by atoms with van der Waals surface area (Å²) in [5.41, 5.74) is 3.17. The zero-order valence-corrected chi connectivity index (χ0v) is 21.9. The van der Waals surface area contributed by atoms with Gasteiger partial charge in [0.2, 0.25) is 6.79 Å². The van der Waals surface area contributed by atoms with E-state index in [4.69, 9.17) is 14.5 Å². The smallest absolute Gasteiger partial charge is 0.231 e. The third-order valence-corrected chi connectivity index (χ3v) is 7.50. The van der Waals surface area contributed by atoms with Crippen molar-refractivity contribution in [3.05, 3.63) is 47.5 Å². The quantitative estimate of drug-likeness (QED) is 0.341. The summed E-state index contributed by atoms with van der Waals surface area (Å²) < 4.78 is 11.0. The van der Waals surface area contributed by atoms with Crippen LogP contribution in [-0.2, 0) is 12.0 Å². The second kappa shape index (κ2) is 10.6. The van der Waals surface area contributed by atoms with Gasteiger partial charge in [0.1, 0.15) is 5.75 Å². The van der Waals surface area contributed by atoms with E-state index in [9.17, 15) is 5.11 Å². The fourth-order valence-corrected chi connectivity index (χ4v) is 5.21. The predicted molar refractivity (Wildman–Crippen MR) is 144 cm³/mol. The number of aliphatic imine (C=N–C) groups is 1. The molecule has 2 N–H and O–H groups in total. The summed E-state index contributed by atoms with van der Waals surface area (Å²) in [4.78, 5) is 10.0. The number of guanidine groups is 1. The van der Waals surface area contributed by atoms with E-state index in [1.54, 1.807) is 6.07 Å². The maximum absolute atomic E-state index is 10.7. The van der Waals surface area contributed by atoms with Crippen molar-refractivity contribution in [3.63, 3.8) is 0 Å². The minimum Gasteiger partial charge on any atom is -0.506 e. The summed E-state index contributed by atoms with van der Waals surface area (Å²) >= 11 is 0. The molecule has 7 nitrogen and oxygen atoms in total. The Bertz CT molecular complexity index is 1080. The first-order valence-electron chi connectivity index (χ1n) is 13.4. The van der Waals surface area contributed by atoms with Crippen LogP contribution in [0.4, 0.5) is 5.69 Å². The van der Waals surface area contributed by atoms with Crippen LogP contribution in [0.5, 0.6) is 17.2 Å². The number of phenols is 1. The second-order valence-electron chi connectivity index (χ2n) is 11.3. The van der Waals surface area contributed by atoms with Crippen LogP contribution in [0.3, 0.4) is 0 Å². The molecule has 0 amide bonds. The number of fused-ring (bicyclic) bond motifs is 1. The highest BCUT2D eigenvalue weighted by Crippen LogP contribution is 2.33. The lowest BCUT2D eigenvalue weighted by Gasteiger charge is -2.37. The standard InChI is InChI=1S/C29H40N4O3/c1-29(2,3)22-10-11-25(34)24(18-22)31-28(30-23-7-5-4-6-8-23)33-15-13-32(14-16-33)19-21-9-12-26-27(17-21)36-20-35-26/h9-12,17-18,23,34H,4-8,13-16,19-20H2,1-3H3,(H,30,31). The fourth-order valence-electron chi connectivity index (χ4n) is 5.21. The Morgan fingerprint density at radius 3 is 2.47 bits per heavy atom. The van der Waals surface area contributed by atoms with Gasteiger partial charge >= 0.3 is 0 Å².